The van der Waals surface area contributed by atoms with Gasteiger partial charge in [0.1, 0.15) is 5.82 Å². The molecule has 0 unspecified atom stereocenters. The van der Waals surface area contributed by atoms with Crippen molar-refractivity contribution >= 4 is 5.82 Å². The summed E-state index contributed by atoms with van der Waals surface area (Å²) in [5.41, 5.74) is 1.92. The lowest BCUT2D eigenvalue weighted by Gasteiger charge is -2.04. The maximum absolute atomic E-state index is 4.51. The number of rotatable bonds is 5. The molecule has 3 rings (SSSR count). The topological polar surface area (TPSA) is 55.6 Å². The van der Waals surface area contributed by atoms with Gasteiger partial charge < -0.3 is 5.32 Å². The second-order valence-electron chi connectivity index (χ2n) is 4.70. The minimum atomic E-state index is 0.679. The van der Waals surface area contributed by atoms with Crippen LogP contribution in [0.4, 0.5) is 5.82 Å². The molecule has 0 amide bonds. The Morgan fingerprint density at radius 1 is 1.14 bits per heavy atom. The SMILES string of the molecule is CCCNc1ccnc(-c2cnn(-c3ccccc3)c2)n1. The first-order chi connectivity index (χ1) is 10.4. The summed E-state index contributed by atoms with van der Waals surface area (Å²) < 4.78 is 1.82. The van der Waals surface area contributed by atoms with E-state index in [1.54, 1.807) is 12.4 Å². The molecule has 0 saturated carbocycles. The average Bonchev–Trinajstić information content (AvgIpc) is 3.04. The van der Waals surface area contributed by atoms with Crippen LogP contribution in [0.15, 0.2) is 55.0 Å². The summed E-state index contributed by atoms with van der Waals surface area (Å²) in [6.45, 7) is 3.03. The monoisotopic (exact) mass is 279 g/mol. The van der Waals surface area contributed by atoms with Crippen molar-refractivity contribution in [2.45, 2.75) is 13.3 Å². The molecule has 5 heteroatoms. The summed E-state index contributed by atoms with van der Waals surface area (Å²) >= 11 is 0. The molecule has 106 valence electrons. The molecule has 0 atom stereocenters. The predicted molar refractivity (Wildman–Crippen MR) is 83.4 cm³/mol. The number of nitrogens with zero attached hydrogens (tertiary/aromatic N) is 4. The molecule has 5 nitrogen and oxygen atoms in total. The molecule has 0 aliphatic heterocycles. The number of benzene rings is 1. The summed E-state index contributed by atoms with van der Waals surface area (Å²) in [6.07, 6.45) is 6.55. The zero-order valence-corrected chi connectivity index (χ0v) is 11.9. The first-order valence-electron chi connectivity index (χ1n) is 7.04. The van der Waals surface area contributed by atoms with Crippen molar-refractivity contribution < 1.29 is 0 Å². The Bertz CT molecular complexity index is 705. The predicted octanol–water partition coefficient (Wildman–Crippen LogP) is 3.15. The Morgan fingerprint density at radius 2 is 2.00 bits per heavy atom. The number of aromatic nitrogens is 4. The van der Waals surface area contributed by atoms with E-state index in [1.807, 2.05) is 47.3 Å². The summed E-state index contributed by atoms with van der Waals surface area (Å²) in [6, 6.07) is 11.9. The highest BCUT2D eigenvalue weighted by Crippen LogP contribution is 2.17. The highest BCUT2D eigenvalue weighted by Gasteiger charge is 2.06. The van der Waals surface area contributed by atoms with E-state index >= 15 is 0 Å². The Kier molecular flexibility index (Phi) is 3.91. The minimum absolute atomic E-state index is 0.679. The highest BCUT2D eigenvalue weighted by molar-refractivity contribution is 5.55. The largest absolute Gasteiger partial charge is 0.370 e. The molecule has 1 aromatic carbocycles. The van der Waals surface area contributed by atoms with Gasteiger partial charge in [-0.2, -0.15) is 5.10 Å². The van der Waals surface area contributed by atoms with E-state index in [9.17, 15) is 0 Å². The van der Waals surface area contributed by atoms with Crippen molar-refractivity contribution in [1.29, 1.82) is 0 Å². The van der Waals surface area contributed by atoms with Gasteiger partial charge in [-0.3, -0.25) is 0 Å². The first-order valence-corrected chi connectivity index (χ1v) is 7.04. The number of hydrogen-bond donors (Lipinski definition) is 1. The molecule has 0 radical (unpaired) electrons. The maximum atomic E-state index is 4.51. The van der Waals surface area contributed by atoms with Gasteiger partial charge in [-0.15, -0.1) is 0 Å². The fourth-order valence-corrected chi connectivity index (χ4v) is 2.01. The average molecular weight is 279 g/mol. The molecule has 21 heavy (non-hydrogen) atoms. The van der Waals surface area contributed by atoms with E-state index in [2.05, 4.69) is 27.3 Å². The lowest BCUT2D eigenvalue weighted by molar-refractivity contribution is 0.880. The van der Waals surface area contributed by atoms with Crippen molar-refractivity contribution in [3.05, 3.63) is 55.0 Å². The Morgan fingerprint density at radius 3 is 2.81 bits per heavy atom. The first kappa shape index (κ1) is 13.3. The molecule has 3 aromatic rings. The molecule has 0 aliphatic rings. The van der Waals surface area contributed by atoms with Gasteiger partial charge in [0.05, 0.1) is 17.4 Å². The van der Waals surface area contributed by atoms with E-state index in [1.165, 1.54) is 0 Å². The van der Waals surface area contributed by atoms with Gasteiger partial charge in [0, 0.05) is 18.9 Å². The Hall–Kier alpha value is -2.69. The second-order valence-corrected chi connectivity index (χ2v) is 4.70. The number of para-hydroxylation sites is 1. The summed E-state index contributed by atoms with van der Waals surface area (Å²) in [5.74, 6) is 1.52. The molecule has 0 spiro atoms. The quantitative estimate of drug-likeness (QED) is 0.779. The maximum Gasteiger partial charge on any atom is 0.164 e. The molecule has 2 heterocycles. The van der Waals surface area contributed by atoms with Gasteiger partial charge in [-0.25, -0.2) is 14.6 Å². The summed E-state index contributed by atoms with van der Waals surface area (Å²) in [5, 5.41) is 7.64. The lowest BCUT2D eigenvalue weighted by atomic mass is 10.3. The van der Waals surface area contributed by atoms with E-state index in [0.717, 1.165) is 30.0 Å². The van der Waals surface area contributed by atoms with Crippen LogP contribution in [0.1, 0.15) is 13.3 Å². The third-order valence-electron chi connectivity index (χ3n) is 3.07. The zero-order chi connectivity index (χ0) is 14.5. The van der Waals surface area contributed by atoms with Crippen molar-refractivity contribution in [2.75, 3.05) is 11.9 Å². The van der Waals surface area contributed by atoms with E-state index in [0.29, 0.717) is 5.82 Å². The van der Waals surface area contributed by atoms with E-state index in [-0.39, 0.29) is 0 Å². The summed E-state index contributed by atoms with van der Waals surface area (Å²) in [7, 11) is 0. The van der Waals surface area contributed by atoms with Gasteiger partial charge in [-0.05, 0) is 24.6 Å². The normalized spacial score (nSPS) is 10.5. The second kappa shape index (κ2) is 6.17. The van der Waals surface area contributed by atoms with Crippen LogP contribution in [0.25, 0.3) is 17.1 Å². The van der Waals surface area contributed by atoms with Crippen LogP contribution >= 0.6 is 0 Å². The number of hydrogen-bond acceptors (Lipinski definition) is 4. The van der Waals surface area contributed by atoms with E-state index in [4.69, 9.17) is 0 Å². The number of nitrogens with one attached hydrogen (secondary N) is 1. The summed E-state index contributed by atoms with van der Waals surface area (Å²) in [4.78, 5) is 8.83. The molecule has 0 aliphatic carbocycles. The van der Waals surface area contributed by atoms with Crippen LogP contribution < -0.4 is 5.32 Å². The fraction of sp³-hybridized carbons (Fsp3) is 0.188. The Balaban J connectivity index is 1.86. The van der Waals surface area contributed by atoms with Crippen molar-refractivity contribution in [1.82, 2.24) is 19.7 Å². The minimum Gasteiger partial charge on any atom is -0.370 e. The van der Waals surface area contributed by atoms with Crippen molar-refractivity contribution in [3.8, 4) is 17.1 Å². The van der Waals surface area contributed by atoms with Crippen LogP contribution in [-0.4, -0.2) is 26.3 Å². The smallest absolute Gasteiger partial charge is 0.164 e. The third kappa shape index (κ3) is 3.08. The zero-order valence-electron chi connectivity index (χ0n) is 11.9. The van der Waals surface area contributed by atoms with Crippen molar-refractivity contribution in [3.63, 3.8) is 0 Å². The van der Waals surface area contributed by atoms with Gasteiger partial charge in [-0.1, -0.05) is 25.1 Å². The van der Waals surface area contributed by atoms with Crippen LogP contribution in [-0.2, 0) is 0 Å². The van der Waals surface area contributed by atoms with Gasteiger partial charge in [0.2, 0.25) is 0 Å². The van der Waals surface area contributed by atoms with Gasteiger partial charge in [0.15, 0.2) is 5.82 Å². The number of anilines is 1. The van der Waals surface area contributed by atoms with Gasteiger partial charge in [0.25, 0.3) is 0 Å². The molecule has 2 aromatic heterocycles. The molecule has 0 bridgehead atoms. The molecule has 1 N–H and O–H groups in total. The van der Waals surface area contributed by atoms with Crippen LogP contribution in [0.3, 0.4) is 0 Å². The van der Waals surface area contributed by atoms with Crippen molar-refractivity contribution in [2.24, 2.45) is 0 Å². The lowest BCUT2D eigenvalue weighted by Crippen LogP contribution is -2.02. The molecule has 0 saturated heterocycles. The van der Waals surface area contributed by atoms with Crippen LogP contribution in [0.2, 0.25) is 0 Å². The van der Waals surface area contributed by atoms with E-state index < -0.39 is 0 Å². The molecular weight excluding hydrogens is 262 g/mol. The highest BCUT2D eigenvalue weighted by atomic mass is 15.3. The standard InChI is InChI=1S/C16H17N5/c1-2-9-17-15-8-10-18-16(20-15)13-11-19-21(12-13)14-6-4-3-5-7-14/h3-8,10-12H,2,9H2,1H3,(H,17,18,20). The fourth-order valence-electron chi connectivity index (χ4n) is 2.01. The Labute approximate surface area is 123 Å². The molecule has 0 fully saturated rings. The molecular formula is C16H17N5. The van der Waals surface area contributed by atoms with Crippen LogP contribution in [0.5, 0.6) is 0 Å². The third-order valence-corrected chi connectivity index (χ3v) is 3.07. The van der Waals surface area contributed by atoms with Gasteiger partial charge >= 0.3 is 0 Å². The van der Waals surface area contributed by atoms with Crippen LogP contribution in [0, 0.1) is 0 Å².